The van der Waals surface area contributed by atoms with Gasteiger partial charge in [0.05, 0.1) is 40.4 Å². The summed E-state index contributed by atoms with van der Waals surface area (Å²) >= 11 is 11.1. The van der Waals surface area contributed by atoms with Crippen LogP contribution in [0.5, 0.6) is 5.75 Å². The van der Waals surface area contributed by atoms with Crippen molar-refractivity contribution in [3.63, 3.8) is 0 Å². The van der Waals surface area contributed by atoms with Crippen molar-refractivity contribution in [1.29, 1.82) is 0 Å². The molecule has 3 heterocycles. The minimum Gasteiger partial charge on any atom is -0.440 e. The molecule has 0 saturated carbocycles. The van der Waals surface area contributed by atoms with E-state index in [1.54, 1.807) is 0 Å². The fourth-order valence-electron chi connectivity index (χ4n) is 2.77. The van der Waals surface area contributed by atoms with Gasteiger partial charge in [-0.25, -0.2) is 9.07 Å². The van der Waals surface area contributed by atoms with Gasteiger partial charge in [0.2, 0.25) is 5.05 Å². The standard InChI is InChI=1S/C19H9ClF4N4O2S/c20-13-4-1-5-14(21)16(13)29-18(31)12-9-27-30-15(12)11-8-26-28(17(11)19(22,23)24)10-3-2-6-25-7-10/h1-9H. The number of halogens is 5. The van der Waals surface area contributed by atoms with Gasteiger partial charge in [0.1, 0.15) is 0 Å². The molecule has 0 aliphatic rings. The number of alkyl halides is 3. The van der Waals surface area contributed by atoms with Crippen LogP contribution < -0.4 is 4.74 Å². The molecule has 0 saturated heterocycles. The van der Waals surface area contributed by atoms with Gasteiger partial charge >= 0.3 is 6.18 Å². The lowest BCUT2D eigenvalue weighted by Gasteiger charge is -2.12. The molecule has 0 bridgehead atoms. The van der Waals surface area contributed by atoms with E-state index in [-0.39, 0.29) is 32.8 Å². The van der Waals surface area contributed by atoms with Gasteiger partial charge in [0, 0.05) is 6.20 Å². The van der Waals surface area contributed by atoms with E-state index in [9.17, 15) is 17.6 Å². The molecule has 12 heteroatoms. The lowest BCUT2D eigenvalue weighted by Crippen LogP contribution is -2.15. The largest absolute Gasteiger partial charge is 0.440 e. The van der Waals surface area contributed by atoms with Gasteiger partial charge < -0.3 is 9.26 Å². The Balaban J connectivity index is 1.79. The molecule has 31 heavy (non-hydrogen) atoms. The van der Waals surface area contributed by atoms with Gasteiger partial charge in [0.25, 0.3) is 0 Å². The Bertz CT molecular complexity index is 1240. The predicted octanol–water partition coefficient (Wildman–Crippen LogP) is 5.49. The molecule has 4 aromatic rings. The maximum absolute atomic E-state index is 14.0. The molecule has 0 aliphatic carbocycles. The van der Waals surface area contributed by atoms with Gasteiger partial charge in [0.15, 0.2) is 23.0 Å². The second-order valence-corrected chi connectivity index (χ2v) is 6.81. The number of pyridine rings is 1. The number of thiocarbonyl (C=S) groups is 1. The molecule has 0 unspecified atom stereocenters. The Labute approximate surface area is 182 Å². The summed E-state index contributed by atoms with van der Waals surface area (Å²) in [4.78, 5) is 3.81. The van der Waals surface area contributed by atoms with Crippen molar-refractivity contribution in [3.8, 4) is 22.8 Å². The molecule has 4 rings (SSSR count). The van der Waals surface area contributed by atoms with E-state index in [0.717, 1.165) is 18.5 Å². The molecule has 0 radical (unpaired) electrons. The second-order valence-electron chi connectivity index (χ2n) is 6.04. The third-order valence-corrected chi connectivity index (χ3v) is 4.68. The summed E-state index contributed by atoms with van der Waals surface area (Å²) in [6.45, 7) is 0. The van der Waals surface area contributed by atoms with Crippen LogP contribution in [0.2, 0.25) is 5.02 Å². The Morgan fingerprint density at radius 3 is 2.61 bits per heavy atom. The summed E-state index contributed by atoms with van der Waals surface area (Å²) in [6, 6.07) is 6.71. The lowest BCUT2D eigenvalue weighted by molar-refractivity contribution is -0.142. The van der Waals surface area contributed by atoms with Crippen LogP contribution in [0, 0.1) is 5.82 Å². The fourth-order valence-corrected chi connectivity index (χ4v) is 3.20. The minimum atomic E-state index is -4.82. The van der Waals surface area contributed by atoms with E-state index in [4.69, 9.17) is 33.1 Å². The van der Waals surface area contributed by atoms with E-state index in [1.807, 2.05) is 0 Å². The Kier molecular flexibility index (Phi) is 5.46. The Morgan fingerprint density at radius 1 is 1.13 bits per heavy atom. The molecular weight excluding hydrogens is 460 g/mol. The number of hydrogen-bond donors (Lipinski definition) is 0. The first kappa shape index (κ1) is 20.9. The number of rotatable bonds is 4. The molecule has 0 atom stereocenters. The van der Waals surface area contributed by atoms with Crippen LogP contribution in [0.15, 0.2) is 59.6 Å². The van der Waals surface area contributed by atoms with Crippen molar-refractivity contribution in [2.24, 2.45) is 0 Å². The van der Waals surface area contributed by atoms with Crippen molar-refractivity contribution < 1.29 is 26.8 Å². The van der Waals surface area contributed by atoms with E-state index in [2.05, 4.69) is 15.2 Å². The van der Waals surface area contributed by atoms with Crippen LogP contribution in [-0.4, -0.2) is 25.0 Å². The summed E-state index contributed by atoms with van der Waals surface area (Å²) in [7, 11) is 0. The highest BCUT2D eigenvalue weighted by atomic mass is 35.5. The maximum Gasteiger partial charge on any atom is 0.434 e. The summed E-state index contributed by atoms with van der Waals surface area (Å²) in [5.41, 5.74) is -1.59. The van der Waals surface area contributed by atoms with Crippen LogP contribution >= 0.6 is 23.8 Å². The Hall–Kier alpha value is -3.31. The third-order valence-electron chi connectivity index (χ3n) is 4.08. The first-order valence-corrected chi connectivity index (χ1v) is 9.23. The molecule has 0 aliphatic heterocycles. The smallest absolute Gasteiger partial charge is 0.434 e. The van der Waals surface area contributed by atoms with Gasteiger partial charge in [-0.3, -0.25) is 4.98 Å². The number of ether oxygens (including phenoxy) is 1. The first-order valence-electron chi connectivity index (χ1n) is 8.44. The number of para-hydroxylation sites is 1. The van der Waals surface area contributed by atoms with Crippen LogP contribution in [0.3, 0.4) is 0 Å². The highest BCUT2D eigenvalue weighted by molar-refractivity contribution is 7.80. The number of benzene rings is 1. The molecular formula is C19H9ClF4N4O2S. The van der Waals surface area contributed by atoms with Gasteiger partial charge in [-0.2, -0.15) is 18.3 Å². The molecule has 0 spiro atoms. The average Bonchev–Trinajstić information content (AvgIpc) is 3.38. The summed E-state index contributed by atoms with van der Waals surface area (Å²) in [5.74, 6) is -1.52. The molecule has 0 amide bonds. The van der Waals surface area contributed by atoms with Crippen molar-refractivity contribution in [3.05, 3.63) is 77.2 Å². The molecule has 0 fully saturated rings. The molecule has 6 nitrogen and oxygen atoms in total. The summed E-state index contributed by atoms with van der Waals surface area (Å²) < 4.78 is 66.8. The summed E-state index contributed by atoms with van der Waals surface area (Å²) in [5, 5.41) is 6.90. The highest BCUT2D eigenvalue weighted by Gasteiger charge is 2.41. The van der Waals surface area contributed by atoms with Crippen LogP contribution in [0.1, 0.15) is 11.3 Å². The molecule has 3 aromatic heterocycles. The minimum absolute atomic E-state index is 0.0688. The van der Waals surface area contributed by atoms with Crippen LogP contribution in [0.25, 0.3) is 17.0 Å². The van der Waals surface area contributed by atoms with Gasteiger partial charge in [-0.1, -0.05) is 22.8 Å². The molecule has 0 N–H and O–H groups in total. The van der Waals surface area contributed by atoms with Crippen molar-refractivity contribution in [1.82, 2.24) is 19.9 Å². The molecule has 158 valence electrons. The van der Waals surface area contributed by atoms with Crippen LogP contribution in [-0.2, 0) is 6.18 Å². The zero-order valence-electron chi connectivity index (χ0n) is 15.1. The Morgan fingerprint density at radius 2 is 1.94 bits per heavy atom. The second kappa shape index (κ2) is 8.08. The maximum atomic E-state index is 14.0. The predicted molar refractivity (Wildman–Crippen MR) is 106 cm³/mol. The number of hydrogen-bond acceptors (Lipinski definition) is 6. The third kappa shape index (κ3) is 4.01. The van der Waals surface area contributed by atoms with Gasteiger partial charge in [-0.05, 0) is 36.5 Å². The molecule has 1 aromatic carbocycles. The van der Waals surface area contributed by atoms with Crippen molar-refractivity contribution in [2.45, 2.75) is 6.18 Å². The number of nitrogens with zero attached hydrogens (tertiary/aromatic N) is 4. The van der Waals surface area contributed by atoms with E-state index in [1.165, 1.54) is 36.7 Å². The van der Waals surface area contributed by atoms with Crippen molar-refractivity contribution in [2.75, 3.05) is 0 Å². The topological polar surface area (TPSA) is 66.0 Å². The zero-order chi connectivity index (χ0) is 22.2. The van der Waals surface area contributed by atoms with Crippen molar-refractivity contribution >= 4 is 28.9 Å². The lowest BCUT2D eigenvalue weighted by atomic mass is 10.1. The number of aromatic nitrogens is 4. The first-order chi connectivity index (χ1) is 14.8. The fraction of sp³-hybridized carbons (Fsp3) is 0.0526. The average molecular weight is 469 g/mol. The van der Waals surface area contributed by atoms with Crippen LogP contribution in [0.4, 0.5) is 17.6 Å². The normalized spacial score (nSPS) is 11.5. The van der Waals surface area contributed by atoms with E-state index in [0.29, 0.717) is 4.68 Å². The quantitative estimate of drug-likeness (QED) is 0.291. The monoisotopic (exact) mass is 468 g/mol. The van der Waals surface area contributed by atoms with Gasteiger partial charge in [-0.15, -0.1) is 0 Å². The SMILES string of the molecule is Fc1cccc(Cl)c1OC(=S)c1cnoc1-c1cnn(-c2cccnc2)c1C(F)(F)F. The highest BCUT2D eigenvalue weighted by Crippen LogP contribution is 2.40. The zero-order valence-corrected chi connectivity index (χ0v) is 16.7. The van der Waals surface area contributed by atoms with E-state index >= 15 is 0 Å². The van der Waals surface area contributed by atoms with E-state index < -0.39 is 23.3 Å². The summed E-state index contributed by atoms with van der Waals surface area (Å²) in [6.07, 6.45) is -0.157.